The monoisotopic (exact) mass is 269 g/mol. The van der Waals surface area contributed by atoms with E-state index in [1.54, 1.807) is 6.92 Å². The van der Waals surface area contributed by atoms with E-state index in [1.807, 2.05) is 6.92 Å². The Balaban J connectivity index is 3.94. The Morgan fingerprint density at radius 2 is 1.89 bits per heavy atom. The lowest BCUT2D eigenvalue weighted by atomic mass is 10.1. The van der Waals surface area contributed by atoms with Crippen LogP contribution in [0.4, 0.5) is 13.2 Å². The number of rotatable bonds is 9. The van der Waals surface area contributed by atoms with E-state index in [4.69, 9.17) is 5.11 Å². The third-order valence-corrected chi connectivity index (χ3v) is 2.73. The van der Waals surface area contributed by atoms with Crippen LogP contribution in [-0.2, 0) is 4.79 Å². The topological polar surface area (TPSA) is 49.3 Å². The molecule has 0 aromatic carbocycles. The number of unbranched alkanes of at least 4 members (excludes halogenated alkanes) is 1. The van der Waals surface area contributed by atoms with Crippen LogP contribution in [0.15, 0.2) is 0 Å². The Morgan fingerprint density at radius 1 is 1.28 bits per heavy atom. The molecule has 1 unspecified atom stereocenters. The van der Waals surface area contributed by atoms with Gasteiger partial charge in [0.1, 0.15) is 6.04 Å². The zero-order chi connectivity index (χ0) is 14.2. The van der Waals surface area contributed by atoms with Gasteiger partial charge in [0.25, 0.3) is 0 Å². The fraction of sp³-hybridized carbons (Fsp3) is 0.917. The van der Waals surface area contributed by atoms with Crippen LogP contribution in [0.1, 0.15) is 52.4 Å². The lowest BCUT2D eigenvalue weighted by Gasteiger charge is -2.20. The maximum atomic E-state index is 11.9. The van der Waals surface area contributed by atoms with Crippen molar-refractivity contribution < 1.29 is 23.1 Å². The number of carboxylic acid groups (broad SMARTS) is 1. The molecule has 0 radical (unpaired) electrons. The van der Waals surface area contributed by atoms with Gasteiger partial charge in [-0.05, 0) is 26.2 Å². The maximum Gasteiger partial charge on any atom is 0.389 e. The van der Waals surface area contributed by atoms with Gasteiger partial charge in [0.2, 0.25) is 0 Å². The molecule has 3 nitrogen and oxygen atoms in total. The summed E-state index contributed by atoms with van der Waals surface area (Å²) < 4.78 is 35.8. The van der Waals surface area contributed by atoms with Gasteiger partial charge in [-0.1, -0.05) is 19.8 Å². The zero-order valence-electron chi connectivity index (χ0n) is 10.9. The summed E-state index contributed by atoms with van der Waals surface area (Å²) in [5.41, 5.74) is 0. The fourth-order valence-electron chi connectivity index (χ4n) is 1.72. The summed E-state index contributed by atoms with van der Waals surface area (Å²) in [5, 5.41) is 11.8. The van der Waals surface area contributed by atoms with Crippen LogP contribution in [0.2, 0.25) is 0 Å². The van der Waals surface area contributed by atoms with Crippen LogP contribution in [-0.4, -0.2) is 29.3 Å². The largest absolute Gasteiger partial charge is 0.480 e. The lowest BCUT2D eigenvalue weighted by molar-refractivity contribution is -0.140. The second-order valence-electron chi connectivity index (χ2n) is 4.61. The van der Waals surface area contributed by atoms with Gasteiger partial charge in [-0.25, -0.2) is 0 Å². The van der Waals surface area contributed by atoms with Crippen LogP contribution < -0.4 is 5.32 Å². The average Bonchev–Trinajstić information content (AvgIpc) is 2.21. The summed E-state index contributed by atoms with van der Waals surface area (Å²) in [6, 6.07) is -0.879. The quantitative estimate of drug-likeness (QED) is 0.675. The molecule has 0 aliphatic rings. The fourth-order valence-corrected chi connectivity index (χ4v) is 1.72. The highest BCUT2D eigenvalue weighted by Gasteiger charge is 2.26. The Kier molecular flexibility index (Phi) is 7.98. The highest BCUT2D eigenvalue weighted by atomic mass is 19.4. The van der Waals surface area contributed by atoms with Crippen LogP contribution >= 0.6 is 0 Å². The molecule has 0 heterocycles. The van der Waals surface area contributed by atoms with Crippen LogP contribution in [0.25, 0.3) is 0 Å². The van der Waals surface area contributed by atoms with E-state index >= 15 is 0 Å². The predicted molar refractivity (Wildman–Crippen MR) is 63.5 cm³/mol. The summed E-state index contributed by atoms with van der Waals surface area (Å²) in [4.78, 5) is 10.9. The normalized spacial score (nSPS) is 15.4. The molecule has 0 amide bonds. The lowest BCUT2D eigenvalue weighted by Crippen LogP contribution is -2.42. The first kappa shape index (κ1) is 17.2. The molecule has 0 saturated heterocycles. The first-order valence-electron chi connectivity index (χ1n) is 6.32. The molecule has 0 aliphatic carbocycles. The molecular weight excluding hydrogens is 247 g/mol. The molecular formula is C12H22F3NO2. The molecule has 108 valence electrons. The van der Waals surface area contributed by atoms with Gasteiger partial charge in [0, 0.05) is 12.5 Å². The van der Waals surface area contributed by atoms with E-state index in [1.165, 1.54) is 0 Å². The highest BCUT2D eigenvalue weighted by molar-refractivity contribution is 5.73. The summed E-state index contributed by atoms with van der Waals surface area (Å²) in [7, 11) is 0. The summed E-state index contributed by atoms with van der Waals surface area (Å²) in [6.45, 7) is 3.68. The smallest absolute Gasteiger partial charge is 0.389 e. The van der Waals surface area contributed by atoms with Crippen molar-refractivity contribution in [3.8, 4) is 0 Å². The molecule has 2 N–H and O–H groups in total. The van der Waals surface area contributed by atoms with E-state index in [0.29, 0.717) is 12.8 Å². The molecule has 0 rings (SSSR count). The van der Waals surface area contributed by atoms with E-state index in [9.17, 15) is 18.0 Å². The van der Waals surface area contributed by atoms with Crippen molar-refractivity contribution in [3.63, 3.8) is 0 Å². The summed E-state index contributed by atoms with van der Waals surface area (Å²) >= 11 is 0. The zero-order valence-corrected chi connectivity index (χ0v) is 10.9. The van der Waals surface area contributed by atoms with Gasteiger partial charge in [0.15, 0.2) is 0 Å². The first-order chi connectivity index (χ1) is 8.26. The second kappa shape index (κ2) is 8.34. The minimum absolute atomic E-state index is 0.0256. The number of carboxylic acids is 1. The van der Waals surface area contributed by atoms with Crippen molar-refractivity contribution in [3.05, 3.63) is 0 Å². The Hall–Kier alpha value is -0.780. The molecule has 0 aromatic rings. The Morgan fingerprint density at radius 3 is 2.33 bits per heavy atom. The molecule has 0 aliphatic heterocycles. The number of alkyl halides is 3. The number of nitrogens with one attached hydrogen (secondary N) is 1. The Bertz CT molecular complexity index is 244. The van der Waals surface area contributed by atoms with Crippen molar-refractivity contribution in [1.82, 2.24) is 5.32 Å². The van der Waals surface area contributed by atoms with Crippen LogP contribution in [0, 0.1) is 0 Å². The highest BCUT2D eigenvalue weighted by Crippen LogP contribution is 2.22. The van der Waals surface area contributed by atoms with Crippen molar-refractivity contribution in [1.29, 1.82) is 0 Å². The third-order valence-electron chi connectivity index (χ3n) is 2.73. The van der Waals surface area contributed by atoms with Crippen molar-refractivity contribution in [2.24, 2.45) is 0 Å². The van der Waals surface area contributed by atoms with Gasteiger partial charge in [-0.15, -0.1) is 0 Å². The molecule has 18 heavy (non-hydrogen) atoms. The van der Waals surface area contributed by atoms with Gasteiger partial charge in [0.05, 0.1) is 0 Å². The molecule has 0 saturated carbocycles. The SMILES string of the molecule is CCCC[C@H](NC(C)CCCC(F)(F)F)C(=O)O. The number of hydrogen-bond donors (Lipinski definition) is 2. The minimum atomic E-state index is -4.13. The molecule has 2 atom stereocenters. The molecule has 6 heteroatoms. The number of carbonyl (C=O) groups is 1. The molecule has 0 spiro atoms. The Labute approximate surface area is 106 Å². The summed E-state index contributed by atoms with van der Waals surface area (Å²) in [5.74, 6) is -0.939. The second-order valence-corrected chi connectivity index (χ2v) is 4.61. The minimum Gasteiger partial charge on any atom is -0.480 e. The van der Waals surface area contributed by atoms with Gasteiger partial charge in [-0.3, -0.25) is 4.79 Å². The van der Waals surface area contributed by atoms with E-state index < -0.39 is 24.6 Å². The van der Waals surface area contributed by atoms with Crippen molar-refractivity contribution in [2.75, 3.05) is 0 Å². The molecule has 0 fully saturated rings. The number of aliphatic carboxylic acids is 1. The van der Waals surface area contributed by atoms with Crippen molar-refractivity contribution >= 4 is 5.97 Å². The molecule has 0 aromatic heterocycles. The average molecular weight is 269 g/mol. The molecule has 0 bridgehead atoms. The van der Waals surface area contributed by atoms with Gasteiger partial charge in [-0.2, -0.15) is 13.2 Å². The van der Waals surface area contributed by atoms with E-state index in [0.717, 1.165) is 12.8 Å². The van der Waals surface area contributed by atoms with Crippen molar-refractivity contribution in [2.45, 2.75) is 70.6 Å². The van der Waals surface area contributed by atoms with Crippen LogP contribution in [0.5, 0.6) is 0 Å². The number of halogens is 3. The predicted octanol–water partition coefficient (Wildman–Crippen LogP) is 3.34. The third kappa shape index (κ3) is 9.27. The first-order valence-corrected chi connectivity index (χ1v) is 6.32. The summed E-state index contributed by atoms with van der Waals surface area (Å²) in [6.07, 6.45) is -2.39. The standard InChI is InChI=1S/C12H22F3NO2/c1-3-4-7-10(11(17)18)16-9(2)6-5-8-12(13,14)15/h9-10,16H,3-8H2,1-2H3,(H,17,18)/t9?,10-/m0/s1. The van der Waals surface area contributed by atoms with E-state index in [2.05, 4.69) is 5.32 Å². The van der Waals surface area contributed by atoms with Gasteiger partial charge >= 0.3 is 12.1 Å². The maximum absolute atomic E-state index is 11.9. The van der Waals surface area contributed by atoms with Crippen LogP contribution in [0.3, 0.4) is 0 Å². The van der Waals surface area contributed by atoms with E-state index in [-0.39, 0.29) is 12.5 Å². The van der Waals surface area contributed by atoms with Gasteiger partial charge < -0.3 is 10.4 Å². The number of hydrogen-bond acceptors (Lipinski definition) is 2.